The SMILES string of the molecule is Cc1c(F)c(F)c(C(F)F)c(Br)c1Br. The van der Waals surface area contributed by atoms with Crippen molar-refractivity contribution in [3.05, 3.63) is 31.7 Å². The summed E-state index contributed by atoms with van der Waals surface area (Å²) in [5, 5.41) is 0. The van der Waals surface area contributed by atoms with Crippen LogP contribution in [0.4, 0.5) is 17.6 Å². The Balaban J connectivity index is 3.60. The van der Waals surface area contributed by atoms with Crippen molar-refractivity contribution >= 4 is 31.9 Å². The van der Waals surface area contributed by atoms with Gasteiger partial charge in [0.25, 0.3) is 6.43 Å². The van der Waals surface area contributed by atoms with Crippen molar-refractivity contribution in [2.45, 2.75) is 13.3 Å². The Morgan fingerprint density at radius 3 is 1.93 bits per heavy atom. The zero-order valence-electron chi connectivity index (χ0n) is 6.85. The highest BCUT2D eigenvalue weighted by Crippen LogP contribution is 2.38. The number of hydrogen-bond donors (Lipinski definition) is 0. The predicted molar refractivity (Wildman–Crippen MR) is 51.5 cm³/mol. The topological polar surface area (TPSA) is 0 Å². The number of rotatable bonds is 1. The van der Waals surface area contributed by atoms with Crippen LogP contribution in [0.2, 0.25) is 0 Å². The Bertz CT molecular complexity index is 347. The maximum atomic E-state index is 13.0. The molecule has 0 aliphatic rings. The Kier molecular flexibility index (Phi) is 3.58. The van der Waals surface area contributed by atoms with Crippen molar-refractivity contribution in [1.29, 1.82) is 0 Å². The minimum atomic E-state index is -3.06. The maximum absolute atomic E-state index is 13.0. The molecule has 0 aliphatic carbocycles. The zero-order chi connectivity index (χ0) is 11.0. The first-order valence-electron chi connectivity index (χ1n) is 3.48. The van der Waals surface area contributed by atoms with Crippen LogP contribution < -0.4 is 0 Å². The lowest BCUT2D eigenvalue weighted by molar-refractivity contribution is 0.144. The molecule has 0 heterocycles. The number of alkyl halides is 2. The van der Waals surface area contributed by atoms with Crippen molar-refractivity contribution < 1.29 is 17.6 Å². The maximum Gasteiger partial charge on any atom is 0.267 e. The average molecular weight is 336 g/mol. The molecule has 78 valence electrons. The van der Waals surface area contributed by atoms with E-state index in [1.807, 2.05) is 0 Å². The molecule has 0 aliphatic heterocycles. The molecule has 1 aromatic rings. The quantitative estimate of drug-likeness (QED) is 0.514. The molecule has 0 bridgehead atoms. The molecule has 0 atom stereocenters. The van der Waals surface area contributed by atoms with Crippen molar-refractivity contribution in [3.63, 3.8) is 0 Å². The summed E-state index contributed by atoms with van der Waals surface area (Å²) in [6, 6.07) is 0. The van der Waals surface area contributed by atoms with E-state index in [-0.39, 0.29) is 14.5 Å². The van der Waals surface area contributed by atoms with E-state index in [0.29, 0.717) is 0 Å². The van der Waals surface area contributed by atoms with E-state index in [1.165, 1.54) is 6.92 Å². The fraction of sp³-hybridized carbons (Fsp3) is 0.250. The van der Waals surface area contributed by atoms with Gasteiger partial charge in [-0.2, -0.15) is 0 Å². The van der Waals surface area contributed by atoms with E-state index < -0.39 is 23.6 Å². The van der Waals surface area contributed by atoms with E-state index in [0.717, 1.165) is 0 Å². The van der Waals surface area contributed by atoms with Crippen LogP contribution in [-0.2, 0) is 0 Å². The molecule has 0 unspecified atom stereocenters. The lowest BCUT2D eigenvalue weighted by Gasteiger charge is -2.10. The molecule has 0 radical (unpaired) electrons. The molecule has 0 amide bonds. The number of halogens is 6. The van der Waals surface area contributed by atoms with Gasteiger partial charge in [-0.25, -0.2) is 17.6 Å². The second kappa shape index (κ2) is 4.18. The van der Waals surface area contributed by atoms with Crippen molar-refractivity contribution in [2.75, 3.05) is 0 Å². The second-order valence-corrected chi connectivity index (χ2v) is 4.18. The zero-order valence-corrected chi connectivity index (χ0v) is 10.0. The van der Waals surface area contributed by atoms with E-state index in [1.54, 1.807) is 0 Å². The Hall–Kier alpha value is -0.100. The predicted octanol–water partition coefficient (Wildman–Crippen LogP) is 4.74. The average Bonchev–Trinajstić information content (AvgIpc) is 2.11. The first kappa shape index (κ1) is 12.0. The van der Waals surface area contributed by atoms with Crippen LogP contribution >= 0.6 is 31.9 Å². The fourth-order valence-corrected chi connectivity index (χ4v) is 1.98. The van der Waals surface area contributed by atoms with E-state index in [2.05, 4.69) is 31.9 Å². The number of benzene rings is 1. The summed E-state index contributed by atoms with van der Waals surface area (Å²) in [6.07, 6.45) is -3.06. The molecule has 0 nitrogen and oxygen atoms in total. The van der Waals surface area contributed by atoms with Gasteiger partial charge in [-0.15, -0.1) is 0 Å². The van der Waals surface area contributed by atoms with Gasteiger partial charge in [-0.1, -0.05) is 0 Å². The third-order valence-corrected chi connectivity index (χ3v) is 4.08. The standard InChI is InChI=1S/C8H4Br2F4/c1-2-4(9)5(10)3(8(13)14)7(12)6(2)11/h8H,1H3. The van der Waals surface area contributed by atoms with Crippen LogP contribution in [-0.4, -0.2) is 0 Å². The van der Waals surface area contributed by atoms with Crippen molar-refractivity contribution in [1.82, 2.24) is 0 Å². The highest BCUT2D eigenvalue weighted by atomic mass is 79.9. The van der Waals surface area contributed by atoms with E-state index in [4.69, 9.17) is 0 Å². The van der Waals surface area contributed by atoms with Gasteiger partial charge in [0.2, 0.25) is 0 Å². The van der Waals surface area contributed by atoms with Gasteiger partial charge in [0.15, 0.2) is 11.6 Å². The summed E-state index contributed by atoms with van der Waals surface area (Å²) in [6.45, 7) is 1.29. The molecular formula is C8H4Br2F4. The van der Waals surface area contributed by atoms with Gasteiger partial charge in [-0.3, -0.25) is 0 Å². The highest BCUT2D eigenvalue weighted by Gasteiger charge is 2.25. The largest absolute Gasteiger partial charge is 0.267 e. The van der Waals surface area contributed by atoms with Crippen LogP contribution in [0, 0.1) is 18.6 Å². The fourth-order valence-electron chi connectivity index (χ4n) is 0.950. The van der Waals surface area contributed by atoms with Gasteiger partial charge in [0, 0.05) is 14.5 Å². The summed E-state index contributed by atoms with van der Waals surface area (Å²) in [5.74, 6) is -2.76. The molecule has 14 heavy (non-hydrogen) atoms. The summed E-state index contributed by atoms with van der Waals surface area (Å²) < 4.78 is 50.7. The Morgan fingerprint density at radius 2 is 1.50 bits per heavy atom. The van der Waals surface area contributed by atoms with E-state index in [9.17, 15) is 17.6 Å². The van der Waals surface area contributed by atoms with Gasteiger partial charge < -0.3 is 0 Å². The first-order valence-corrected chi connectivity index (χ1v) is 5.07. The first-order chi connectivity index (χ1) is 6.37. The third-order valence-electron chi connectivity index (χ3n) is 1.74. The minimum Gasteiger partial charge on any atom is -0.205 e. The lowest BCUT2D eigenvalue weighted by Crippen LogP contribution is -2.01. The smallest absolute Gasteiger partial charge is 0.205 e. The lowest BCUT2D eigenvalue weighted by atomic mass is 10.1. The molecule has 1 aromatic carbocycles. The van der Waals surface area contributed by atoms with Crippen LogP contribution in [0.5, 0.6) is 0 Å². The summed E-state index contributed by atoms with van der Waals surface area (Å²) in [4.78, 5) is 0. The van der Waals surface area contributed by atoms with Gasteiger partial charge in [-0.05, 0) is 38.8 Å². The molecule has 0 saturated carbocycles. The van der Waals surface area contributed by atoms with Gasteiger partial charge in [0.1, 0.15) is 0 Å². The third kappa shape index (κ3) is 1.82. The highest BCUT2D eigenvalue weighted by molar-refractivity contribution is 9.13. The normalized spacial score (nSPS) is 11.1. The van der Waals surface area contributed by atoms with Crippen molar-refractivity contribution in [2.24, 2.45) is 0 Å². The monoisotopic (exact) mass is 334 g/mol. The molecule has 6 heteroatoms. The minimum absolute atomic E-state index is 0.0428. The Labute approximate surface area is 94.6 Å². The van der Waals surface area contributed by atoms with Crippen LogP contribution in [0.25, 0.3) is 0 Å². The van der Waals surface area contributed by atoms with Gasteiger partial charge >= 0.3 is 0 Å². The van der Waals surface area contributed by atoms with Crippen molar-refractivity contribution in [3.8, 4) is 0 Å². The van der Waals surface area contributed by atoms with E-state index >= 15 is 0 Å². The summed E-state index contributed by atoms with van der Waals surface area (Å²) >= 11 is 5.68. The molecule has 0 saturated heterocycles. The molecule has 0 spiro atoms. The molecule has 0 N–H and O–H groups in total. The van der Waals surface area contributed by atoms with Gasteiger partial charge in [0.05, 0.1) is 5.56 Å². The molecule has 0 aromatic heterocycles. The summed E-state index contributed by atoms with van der Waals surface area (Å²) in [5.41, 5.74) is -1.00. The summed E-state index contributed by atoms with van der Waals surface area (Å²) in [7, 11) is 0. The molecule has 1 rings (SSSR count). The second-order valence-electron chi connectivity index (χ2n) is 2.60. The van der Waals surface area contributed by atoms with Crippen LogP contribution in [0.15, 0.2) is 8.95 Å². The van der Waals surface area contributed by atoms with Crippen LogP contribution in [0.3, 0.4) is 0 Å². The number of hydrogen-bond acceptors (Lipinski definition) is 0. The molecular weight excluding hydrogens is 332 g/mol. The Morgan fingerprint density at radius 1 is 1.00 bits per heavy atom. The molecule has 0 fully saturated rings. The van der Waals surface area contributed by atoms with Crippen LogP contribution in [0.1, 0.15) is 17.6 Å².